The number of hydrogen-bond donors (Lipinski definition) is 5. The van der Waals surface area contributed by atoms with Gasteiger partial charge in [0.2, 0.25) is 5.91 Å². The number of H-pyrrole nitrogens is 1. The van der Waals surface area contributed by atoms with Gasteiger partial charge in [0.15, 0.2) is 0 Å². The van der Waals surface area contributed by atoms with Gasteiger partial charge >= 0.3 is 12.2 Å². The van der Waals surface area contributed by atoms with Gasteiger partial charge < -0.3 is 40.2 Å². The van der Waals surface area contributed by atoms with Crippen LogP contribution in [-0.4, -0.2) is 102 Å². The van der Waals surface area contributed by atoms with Crippen molar-refractivity contribution < 1.29 is 28.7 Å². The molecule has 1 aromatic heterocycles. The Hall–Kier alpha value is -6.19. The number of nitrogens with zero attached hydrogens (tertiary/aromatic N) is 4. The van der Waals surface area contributed by atoms with E-state index in [1.807, 2.05) is 76.4 Å². The molecule has 0 aliphatic carbocycles. The minimum Gasteiger partial charge on any atom is -0.453 e. The summed E-state index contributed by atoms with van der Waals surface area (Å²) in [6, 6.07) is 24.7. The molecule has 2 saturated heterocycles. The highest BCUT2D eigenvalue weighted by Gasteiger charge is 2.45. The number of rotatable bonds is 12. The summed E-state index contributed by atoms with van der Waals surface area (Å²) in [5, 5.41) is 12.4. The van der Waals surface area contributed by atoms with Gasteiger partial charge in [-0.25, -0.2) is 14.6 Å². The zero-order valence-electron chi connectivity index (χ0n) is 35.0. The Morgan fingerprint density at radius 1 is 0.767 bits per heavy atom. The molecule has 2 fully saturated rings. The van der Waals surface area contributed by atoms with Gasteiger partial charge in [-0.3, -0.25) is 19.8 Å². The number of benzene rings is 3. The number of para-hydroxylation sites is 1. The van der Waals surface area contributed by atoms with E-state index in [1.165, 1.54) is 14.2 Å². The highest BCUT2D eigenvalue weighted by atomic mass is 16.5. The van der Waals surface area contributed by atoms with Crippen LogP contribution < -0.4 is 26.2 Å². The first kappa shape index (κ1) is 42.0. The smallest absolute Gasteiger partial charge is 0.407 e. The van der Waals surface area contributed by atoms with Crippen molar-refractivity contribution in [3.05, 3.63) is 103 Å². The highest BCUT2D eigenvalue weighted by Crippen LogP contribution is 2.39. The molecule has 7 rings (SSSR count). The number of aromatic amines is 1. The number of methoxy groups -OCH3 is 2. The minimum absolute atomic E-state index is 0.107. The fourth-order valence-electron chi connectivity index (χ4n) is 8.29. The van der Waals surface area contributed by atoms with Crippen molar-refractivity contribution in [3.8, 4) is 22.4 Å². The molecule has 0 bridgehead atoms. The third-order valence-corrected chi connectivity index (χ3v) is 11.5. The Morgan fingerprint density at radius 2 is 1.35 bits per heavy atom. The van der Waals surface area contributed by atoms with Crippen LogP contribution in [0.1, 0.15) is 58.0 Å². The molecule has 5 atom stereocenters. The van der Waals surface area contributed by atoms with Crippen molar-refractivity contribution >= 4 is 35.4 Å². The van der Waals surface area contributed by atoms with E-state index in [-0.39, 0.29) is 35.7 Å². The number of carbonyl (C=O) groups is 4. The third-order valence-electron chi connectivity index (χ3n) is 11.5. The van der Waals surface area contributed by atoms with E-state index in [0.717, 1.165) is 52.2 Å². The second kappa shape index (κ2) is 18.4. The van der Waals surface area contributed by atoms with Crippen molar-refractivity contribution in [1.82, 2.24) is 41.0 Å². The number of aromatic nitrogens is 2. The van der Waals surface area contributed by atoms with E-state index in [2.05, 4.69) is 67.5 Å². The lowest BCUT2D eigenvalue weighted by atomic mass is 10.0. The Kier molecular flexibility index (Phi) is 12.9. The van der Waals surface area contributed by atoms with Gasteiger partial charge in [0.05, 0.1) is 43.9 Å². The molecule has 4 amide bonds. The van der Waals surface area contributed by atoms with Crippen LogP contribution in [0.4, 0.5) is 15.3 Å². The van der Waals surface area contributed by atoms with Crippen molar-refractivity contribution in [2.45, 2.75) is 70.9 Å². The average Bonchev–Trinajstić information content (AvgIpc) is 4.11. The van der Waals surface area contributed by atoms with Crippen LogP contribution in [0.3, 0.4) is 0 Å². The van der Waals surface area contributed by atoms with Crippen molar-refractivity contribution in [2.24, 2.45) is 11.8 Å². The van der Waals surface area contributed by atoms with Crippen molar-refractivity contribution in [2.75, 3.05) is 38.9 Å². The first-order valence-corrected chi connectivity index (χ1v) is 20.6. The van der Waals surface area contributed by atoms with Crippen molar-refractivity contribution in [1.29, 1.82) is 0 Å². The van der Waals surface area contributed by atoms with Crippen LogP contribution in [-0.2, 0) is 19.1 Å². The molecule has 5 unspecified atom stereocenters. The van der Waals surface area contributed by atoms with Crippen LogP contribution in [0.15, 0.2) is 91.3 Å². The number of alkyl carbamates (subject to hydrolysis) is 2. The molecule has 3 aliphatic heterocycles. The monoisotopic (exact) mass is 817 g/mol. The quantitative estimate of drug-likeness (QED) is 0.120. The number of ether oxygens (including phenoxy) is 2. The van der Waals surface area contributed by atoms with E-state index >= 15 is 0 Å². The second-order valence-corrected chi connectivity index (χ2v) is 16.1. The van der Waals surface area contributed by atoms with Gasteiger partial charge in [-0.15, -0.1) is 0 Å². The van der Waals surface area contributed by atoms with Gasteiger partial charge in [0.1, 0.15) is 24.1 Å². The number of carbonyl (C=O) groups excluding carboxylic acids is 4. The molecule has 60 heavy (non-hydrogen) atoms. The Bertz CT molecular complexity index is 2170. The molecule has 316 valence electrons. The van der Waals surface area contributed by atoms with Gasteiger partial charge in [-0.05, 0) is 59.1 Å². The summed E-state index contributed by atoms with van der Waals surface area (Å²) >= 11 is 0. The zero-order valence-corrected chi connectivity index (χ0v) is 35.0. The first-order valence-electron chi connectivity index (χ1n) is 20.6. The number of hydrogen-bond acceptors (Lipinski definition) is 10. The minimum atomic E-state index is -0.804. The predicted octanol–water partition coefficient (Wildman–Crippen LogP) is 5.66. The maximum absolute atomic E-state index is 14.4. The molecule has 5 N–H and O–H groups in total. The Labute approximate surface area is 350 Å². The Morgan fingerprint density at radius 3 is 1.92 bits per heavy atom. The molecule has 15 nitrogen and oxygen atoms in total. The van der Waals surface area contributed by atoms with Crippen LogP contribution in [0, 0.1) is 11.8 Å². The summed E-state index contributed by atoms with van der Waals surface area (Å²) in [7, 11) is 2.58. The molecular formula is C45H55N9O6. The van der Waals surface area contributed by atoms with Gasteiger partial charge in [0, 0.05) is 31.6 Å². The normalized spacial score (nSPS) is 20.0. The maximum atomic E-state index is 14.4. The lowest BCUT2D eigenvalue weighted by molar-refractivity contribution is -0.135. The molecule has 3 aliphatic rings. The summed E-state index contributed by atoms with van der Waals surface area (Å²) in [6.45, 7) is 9.45. The maximum Gasteiger partial charge on any atom is 0.407 e. The summed E-state index contributed by atoms with van der Waals surface area (Å²) in [6.07, 6.45) is 3.60. The molecular weight excluding hydrogens is 763 g/mol. The van der Waals surface area contributed by atoms with E-state index in [4.69, 9.17) is 14.5 Å². The summed E-state index contributed by atoms with van der Waals surface area (Å²) in [5.74, 6) is 0.0284. The second-order valence-electron chi connectivity index (χ2n) is 16.1. The van der Waals surface area contributed by atoms with E-state index in [9.17, 15) is 19.2 Å². The van der Waals surface area contributed by atoms with Crippen LogP contribution in [0.25, 0.3) is 28.1 Å². The van der Waals surface area contributed by atoms with E-state index in [1.54, 1.807) is 16.0 Å². The molecule has 15 heteroatoms. The topological polar surface area (TPSA) is 173 Å². The third kappa shape index (κ3) is 8.73. The van der Waals surface area contributed by atoms with Crippen LogP contribution in [0.2, 0.25) is 0 Å². The Balaban J connectivity index is 1.12. The lowest BCUT2D eigenvalue weighted by Crippen LogP contribution is -2.59. The van der Waals surface area contributed by atoms with Gasteiger partial charge in [0.25, 0.3) is 5.91 Å². The standard InChI is InChI=1S/C45H55N9O6/c1-27(2)38(50-44(57)59-5)42(55)52-22-10-13-36(52)40-47-24-34(49-40)31-18-14-29(15-19-31)30-16-20-32(21-17-30)37-25-53(43(56)39(28(3)4)51-45(58)60-6)41(35-23-46-26-48-35)54(37)33-11-8-7-9-12-33/h7-9,11-12,14-21,24-25,27-28,35-36,38-39,41,46,48H,10,13,22-23,26H2,1-6H3,(H,47,49)(H,50,57)(H,51,58). The number of likely N-dealkylation sites (tertiary alicyclic amines) is 1. The van der Waals surface area contributed by atoms with E-state index in [0.29, 0.717) is 25.6 Å². The number of nitrogens with one attached hydrogen (secondary N) is 5. The number of anilines is 1. The average molecular weight is 818 g/mol. The van der Waals surface area contributed by atoms with E-state index < -0.39 is 30.4 Å². The number of imidazole rings is 1. The summed E-state index contributed by atoms with van der Waals surface area (Å²) in [5.41, 5.74) is 6.57. The molecule has 0 radical (unpaired) electrons. The number of amides is 4. The van der Waals surface area contributed by atoms with Crippen LogP contribution >= 0.6 is 0 Å². The SMILES string of the molecule is COC(=O)NC(C(=O)N1C=C(c2ccc(-c3ccc(-c4cnc(C5CCCN5C(=O)C(NC(=O)OC)C(C)C)[nH]4)cc3)cc2)N(c2ccccc2)C1C1CNCN1)C(C)C. The molecule has 4 aromatic rings. The molecule has 0 spiro atoms. The molecule has 0 saturated carbocycles. The lowest BCUT2D eigenvalue weighted by Gasteiger charge is -2.38. The van der Waals surface area contributed by atoms with Crippen LogP contribution in [0.5, 0.6) is 0 Å². The summed E-state index contributed by atoms with van der Waals surface area (Å²) < 4.78 is 9.66. The fourth-order valence-corrected chi connectivity index (χ4v) is 8.29. The summed E-state index contributed by atoms with van der Waals surface area (Å²) in [4.78, 5) is 66.3. The van der Waals surface area contributed by atoms with Crippen molar-refractivity contribution in [3.63, 3.8) is 0 Å². The van der Waals surface area contributed by atoms with Gasteiger partial charge in [-0.1, -0.05) is 94.4 Å². The molecule has 3 aromatic carbocycles. The largest absolute Gasteiger partial charge is 0.453 e. The fraction of sp³-hybridized carbons (Fsp3) is 0.400. The highest BCUT2D eigenvalue weighted by molar-refractivity contribution is 5.93. The first-order chi connectivity index (χ1) is 29.0. The predicted molar refractivity (Wildman–Crippen MR) is 229 cm³/mol. The molecule has 4 heterocycles. The van der Waals surface area contributed by atoms with Gasteiger partial charge in [-0.2, -0.15) is 0 Å². The zero-order chi connectivity index (χ0) is 42.5.